The van der Waals surface area contributed by atoms with Crippen molar-refractivity contribution in [1.29, 1.82) is 0 Å². The molecule has 1 aliphatic heterocycles. The van der Waals surface area contributed by atoms with Crippen LogP contribution in [-0.2, 0) is 11.3 Å². The van der Waals surface area contributed by atoms with Gasteiger partial charge in [0, 0.05) is 18.5 Å². The molecule has 0 aliphatic carbocycles. The Hall–Kier alpha value is -1.66. The number of aliphatic hydroxyl groups excluding tert-OH is 1. The third-order valence-corrected chi connectivity index (χ3v) is 2.73. The third kappa shape index (κ3) is 2.72. The van der Waals surface area contributed by atoms with Gasteiger partial charge >= 0.3 is 0 Å². The van der Waals surface area contributed by atoms with E-state index in [-0.39, 0.29) is 12.3 Å². The second-order valence-electron chi connectivity index (χ2n) is 4.05. The predicted octanol–water partition coefficient (Wildman–Crippen LogP) is 1.15. The molecule has 6 heteroatoms. The summed E-state index contributed by atoms with van der Waals surface area (Å²) in [7, 11) is 0. The highest BCUT2D eigenvalue weighted by Gasteiger charge is 2.20. The van der Waals surface area contributed by atoms with Gasteiger partial charge in [-0.1, -0.05) is 6.07 Å². The van der Waals surface area contributed by atoms with Crippen LogP contribution in [0, 0.1) is 16.0 Å². The molecule has 2 N–H and O–H groups in total. The van der Waals surface area contributed by atoms with Crippen molar-refractivity contribution in [3.05, 3.63) is 33.9 Å². The van der Waals surface area contributed by atoms with Gasteiger partial charge in [0.25, 0.3) is 5.69 Å². The first-order valence-electron chi connectivity index (χ1n) is 5.40. The molecule has 17 heavy (non-hydrogen) atoms. The number of rotatable bonds is 5. The molecular weight excluding hydrogens is 224 g/mol. The molecule has 0 atom stereocenters. The molecule has 92 valence electrons. The number of benzene rings is 1. The Balaban J connectivity index is 2.10. The maximum atomic E-state index is 10.9. The van der Waals surface area contributed by atoms with Gasteiger partial charge in [0.15, 0.2) is 0 Å². The molecule has 0 radical (unpaired) electrons. The second-order valence-corrected chi connectivity index (χ2v) is 4.05. The largest absolute Gasteiger partial charge is 0.392 e. The number of hydrogen-bond donors (Lipinski definition) is 2. The Morgan fingerprint density at radius 3 is 2.82 bits per heavy atom. The average molecular weight is 238 g/mol. The van der Waals surface area contributed by atoms with Gasteiger partial charge < -0.3 is 15.2 Å². The number of ether oxygens (including phenoxy) is 1. The van der Waals surface area contributed by atoms with Crippen molar-refractivity contribution in [2.75, 3.05) is 25.1 Å². The van der Waals surface area contributed by atoms with Crippen LogP contribution in [0.1, 0.15) is 5.56 Å². The van der Waals surface area contributed by atoms with E-state index < -0.39 is 4.92 Å². The minimum atomic E-state index is -0.446. The zero-order chi connectivity index (χ0) is 12.3. The fourth-order valence-corrected chi connectivity index (χ4v) is 1.63. The number of anilines is 1. The van der Waals surface area contributed by atoms with Crippen LogP contribution in [0.15, 0.2) is 18.2 Å². The molecule has 0 amide bonds. The zero-order valence-electron chi connectivity index (χ0n) is 9.26. The predicted molar refractivity (Wildman–Crippen MR) is 61.8 cm³/mol. The van der Waals surface area contributed by atoms with E-state index in [9.17, 15) is 10.1 Å². The molecule has 1 heterocycles. The highest BCUT2D eigenvalue weighted by molar-refractivity contribution is 5.62. The summed E-state index contributed by atoms with van der Waals surface area (Å²) in [6.45, 7) is 1.88. The summed E-state index contributed by atoms with van der Waals surface area (Å²) in [5.41, 5.74) is 1.02. The second kappa shape index (κ2) is 5.11. The van der Waals surface area contributed by atoms with Crippen LogP contribution in [0.25, 0.3) is 0 Å². The van der Waals surface area contributed by atoms with Gasteiger partial charge in [-0.2, -0.15) is 0 Å². The van der Waals surface area contributed by atoms with Gasteiger partial charge in [0.2, 0.25) is 0 Å². The van der Waals surface area contributed by atoms with E-state index in [1.807, 2.05) is 0 Å². The maximum Gasteiger partial charge on any atom is 0.292 e. The Bertz CT molecular complexity index is 418. The number of nitrogens with one attached hydrogen (secondary N) is 1. The maximum absolute atomic E-state index is 10.9. The molecular formula is C11H14N2O4. The molecule has 6 nitrogen and oxygen atoms in total. The molecule has 1 aromatic carbocycles. The monoisotopic (exact) mass is 238 g/mol. The lowest BCUT2D eigenvalue weighted by Crippen LogP contribution is -2.33. The van der Waals surface area contributed by atoms with E-state index in [0.29, 0.717) is 36.9 Å². The van der Waals surface area contributed by atoms with Gasteiger partial charge in [0.05, 0.1) is 24.7 Å². The van der Waals surface area contributed by atoms with Gasteiger partial charge in [-0.3, -0.25) is 10.1 Å². The lowest BCUT2D eigenvalue weighted by molar-refractivity contribution is -0.384. The van der Waals surface area contributed by atoms with E-state index in [4.69, 9.17) is 9.84 Å². The number of aliphatic hydroxyl groups is 1. The molecule has 0 saturated carbocycles. The van der Waals surface area contributed by atoms with Gasteiger partial charge in [-0.05, 0) is 11.6 Å². The quantitative estimate of drug-likeness (QED) is 0.593. The summed E-state index contributed by atoms with van der Waals surface area (Å²) in [5, 5.41) is 22.9. The van der Waals surface area contributed by atoms with Gasteiger partial charge in [-0.25, -0.2) is 0 Å². The SMILES string of the molecule is O=[N+]([O-])c1cc(CO)ccc1NCC1COC1. The minimum absolute atomic E-state index is 0.00297. The van der Waals surface area contributed by atoms with Crippen molar-refractivity contribution in [2.24, 2.45) is 5.92 Å². The highest BCUT2D eigenvalue weighted by atomic mass is 16.6. The molecule has 1 aromatic rings. The standard InChI is InChI=1S/C11H14N2O4/c14-5-8-1-2-10(11(3-8)13(15)16)12-4-9-6-17-7-9/h1-3,9,12,14H,4-7H2. The van der Waals surface area contributed by atoms with Gasteiger partial charge in [0.1, 0.15) is 5.69 Å². The first kappa shape index (κ1) is 11.8. The number of nitro groups is 1. The van der Waals surface area contributed by atoms with Crippen LogP contribution in [0.4, 0.5) is 11.4 Å². The topological polar surface area (TPSA) is 84.6 Å². The fourth-order valence-electron chi connectivity index (χ4n) is 1.63. The summed E-state index contributed by atoms with van der Waals surface area (Å²) in [4.78, 5) is 10.4. The normalized spacial score (nSPS) is 15.4. The van der Waals surface area contributed by atoms with Crippen molar-refractivity contribution in [3.8, 4) is 0 Å². The zero-order valence-corrected chi connectivity index (χ0v) is 9.26. The first-order valence-corrected chi connectivity index (χ1v) is 5.40. The smallest absolute Gasteiger partial charge is 0.292 e. The summed E-state index contributed by atoms with van der Waals surface area (Å²) in [6.07, 6.45) is 0. The van der Waals surface area contributed by atoms with Crippen LogP contribution in [0.3, 0.4) is 0 Å². The van der Waals surface area contributed by atoms with E-state index >= 15 is 0 Å². The summed E-state index contributed by atoms with van der Waals surface area (Å²) in [5.74, 6) is 0.423. The third-order valence-electron chi connectivity index (χ3n) is 2.73. The van der Waals surface area contributed by atoms with Gasteiger partial charge in [-0.15, -0.1) is 0 Å². The first-order chi connectivity index (χ1) is 8.20. The molecule has 0 bridgehead atoms. The fraction of sp³-hybridized carbons (Fsp3) is 0.455. The highest BCUT2D eigenvalue weighted by Crippen LogP contribution is 2.26. The average Bonchev–Trinajstić information content (AvgIpc) is 2.27. The van der Waals surface area contributed by atoms with E-state index in [1.54, 1.807) is 12.1 Å². The minimum Gasteiger partial charge on any atom is -0.392 e. The van der Waals surface area contributed by atoms with Crippen LogP contribution in [0.2, 0.25) is 0 Å². The molecule has 1 fully saturated rings. The Morgan fingerprint density at radius 1 is 1.53 bits per heavy atom. The lowest BCUT2D eigenvalue weighted by Gasteiger charge is -2.26. The van der Waals surface area contributed by atoms with Crippen molar-refractivity contribution in [2.45, 2.75) is 6.61 Å². The summed E-state index contributed by atoms with van der Waals surface area (Å²) in [6, 6.07) is 4.69. The van der Waals surface area contributed by atoms with Crippen molar-refractivity contribution in [1.82, 2.24) is 0 Å². The molecule has 1 saturated heterocycles. The van der Waals surface area contributed by atoms with E-state index in [2.05, 4.69) is 5.32 Å². The van der Waals surface area contributed by atoms with Crippen LogP contribution < -0.4 is 5.32 Å². The van der Waals surface area contributed by atoms with Crippen molar-refractivity contribution in [3.63, 3.8) is 0 Å². The molecule has 0 aromatic heterocycles. The van der Waals surface area contributed by atoms with Crippen LogP contribution >= 0.6 is 0 Å². The molecule has 0 spiro atoms. The molecule has 0 unspecified atom stereocenters. The van der Waals surface area contributed by atoms with Crippen molar-refractivity contribution >= 4 is 11.4 Å². The number of nitrogens with zero attached hydrogens (tertiary/aromatic N) is 1. The Morgan fingerprint density at radius 2 is 2.29 bits per heavy atom. The summed E-state index contributed by atoms with van der Waals surface area (Å²) < 4.78 is 5.03. The molecule has 2 rings (SSSR count). The Labute approximate surface area is 98.4 Å². The lowest BCUT2D eigenvalue weighted by atomic mass is 10.1. The van der Waals surface area contributed by atoms with Crippen LogP contribution in [0.5, 0.6) is 0 Å². The van der Waals surface area contributed by atoms with E-state index in [1.165, 1.54) is 6.07 Å². The number of nitro benzene ring substituents is 1. The van der Waals surface area contributed by atoms with Crippen molar-refractivity contribution < 1.29 is 14.8 Å². The molecule has 1 aliphatic rings. The summed E-state index contributed by atoms with van der Waals surface area (Å²) >= 11 is 0. The van der Waals surface area contributed by atoms with E-state index in [0.717, 1.165) is 0 Å². The van der Waals surface area contributed by atoms with Crippen LogP contribution in [-0.4, -0.2) is 29.8 Å². The number of hydrogen-bond acceptors (Lipinski definition) is 5. The Kier molecular flexibility index (Phi) is 3.55.